The summed E-state index contributed by atoms with van der Waals surface area (Å²) in [5.41, 5.74) is 0.247. The predicted molar refractivity (Wildman–Crippen MR) is 73.1 cm³/mol. The molecule has 112 valence electrons. The Balaban J connectivity index is 2.51. The summed E-state index contributed by atoms with van der Waals surface area (Å²) in [6.45, 7) is 2.22. The minimum atomic E-state index is -4.03. The number of alkyl halides is 1. The van der Waals surface area contributed by atoms with Gasteiger partial charge in [-0.25, -0.2) is 17.2 Å². The smallest absolute Gasteiger partial charge is 0.207 e. The lowest BCUT2D eigenvalue weighted by Crippen LogP contribution is -2.35. The second-order valence-corrected chi connectivity index (χ2v) is 6.97. The van der Waals surface area contributed by atoms with Gasteiger partial charge in [-0.05, 0) is 37.0 Å². The second-order valence-electron chi connectivity index (χ2n) is 4.84. The quantitative estimate of drug-likeness (QED) is 0.798. The molecule has 0 aliphatic carbocycles. The molecule has 0 bridgehead atoms. The van der Waals surface area contributed by atoms with Gasteiger partial charge in [0.25, 0.3) is 0 Å². The normalized spacial score (nSPS) is 20.5. The summed E-state index contributed by atoms with van der Waals surface area (Å²) in [4.78, 5) is -0.617. The summed E-state index contributed by atoms with van der Waals surface area (Å²) in [5, 5.41) is 0. The van der Waals surface area contributed by atoms with E-state index in [2.05, 4.69) is 0 Å². The molecule has 1 unspecified atom stereocenters. The minimum absolute atomic E-state index is 0.0725. The zero-order chi connectivity index (χ0) is 14.9. The van der Waals surface area contributed by atoms with Crippen molar-refractivity contribution >= 4 is 21.6 Å². The Morgan fingerprint density at radius 3 is 2.70 bits per heavy atom. The van der Waals surface area contributed by atoms with Crippen molar-refractivity contribution in [2.45, 2.75) is 43.0 Å². The first-order chi connectivity index (χ1) is 9.41. The summed E-state index contributed by atoms with van der Waals surface area (Å²) in [7, 11) is -4.03. The van der Waals surface area contributed by atoms with E-state index >= 15 is 0 Å². The van der Waals surface area contributed by atoms with E-state index in [1.165, 1.54) is 4.31 Å². The van der Waals surface area contributed by atoms with Crippen molar-refractivity contribution in [2.75, 3.05) is 6.54 Å². The van der Waals surface area contributed by atoms with Crippen LogP contribution in [0.25, 0.3) is 0 Å². The van der Waals surface area contributed by atoms with E-state index in [9.17, 15) is 17.2 Å². The number of nitrogens with zero attached hydrogens (tertiary/aromatic N) is 1. The third-order valence-electron chi connectivity index (χ3n) is 3.59. The molecule has 1 fully saturated rings. The van der Waals surface area contributed by atoms with Crippen molar-refractivity contribution < 1.29 is 17.2 Å². The van der Waals surface area contributed by atoms with Crippen LogP contribution in [0.1, 0.15) is 31.7 Å². The molecule has 1 aliphatic rings. The third kappa shape index (κ3) is 2.69. The minimum Gasteiger partial charge on any atom is -0.207 e. The van der Waals surface area contributed by atoms with Crippen LogP contribution in [0.4, 0.5) is 8.78 Å². The van der Waals surface area contributed by atoms with Crippen molar-refractivity contribution in [3.8, 4) is 0 Å². The van der Waals surface area contributed by atoms with Crippen molar-refractivity contribution in [2.24, 2.45) is 0 Å². The Bertz CT molecular complexity index is 607. The third-order valence-corrected chi connectivity index (χ3v) is 5.85. The van der Waals surface area contributed by atoms with E-state index in [1.807, 2.05) is 6.92 Å². The van der Waals surface area contributed by atoms with Crippen molar-refractivity contribution in [3.63, 3.8) is 0 Å². The SMILES string of the molecule is CCC1CCCN1S(=O)(=O)c1cc(CCl)cc(F)c1F. The molecule has 7 heteroatoms. The summed E-state index contributed by atoms with van der Waals surface area (Å²) in [5.74, 6) is -2.59. The first kappa shape index (κ1) is 15.7. The van der Waals surface area contributed by atoms with Gasteiger partial charge in [0.05, 0.1) is 0 Å². The standard InChI is InChI=1S/C13H16ClF2NO2S/c1-2-10-4-3-5-17(10)20(18,19)12-7-9(8-14)6-11(15)13(12)16/h6-7,10H,2-5,8H2,1H3. The monoisotopic (exact) mass is 323 g/mol. The molecule has 2 rings (SSSR count). The van der Waals surface area contributed by atoms with Gasteiger partial charge >= 0.3 is 0 Å². The number of hydrogen-bond acceptors (Lipinski definition) is 2. The highest BCUT2D eigenvalue weighted by Crippen LogP contribution is 2.30. The van der Waals surface area contributed by atoms with Gasteiger partial charge in [-0.3, -0.25) is 0 Å². The van der Waals surface area contributed by atoms with Gasteiger partial charge in [-0.15, -0.1) is 11.6 Å². The molecule has 0 aromatic heterocycles. The number of halogens is 3. The fourth-order valence-electron chi connectivity index (χ4n) is 2.54. The van der Waals surface area contributed by atoms with Crippen LogP contribution in [-0.4, -0.2) is 25.3 Å². The Hall–Kier alpha value is -0.720. The molecule has 1 aromatic rings. The zero-order valence-electron chi connectivity index (χ0n) is 11.1. The van der Waals surface area contributed by atoms with Crippen LogP contribution in [-0.2, 0) is 15.9 Å². The highest BCUT2D eigenvalue weighted by atomic mass is 35.5. The molecule has 20 heavy (non-hydrogen) atoms. The molecular formula is C13H16ClF2NO2S. The molecule has 1 saturated heterocycles. The topological polar surface area (TPSA) is 37.4 Å². The van der Waals surface area contributed by atoms with Crippen LogP contribution in [0.15, 0.2) is 17.0 Å². The number of hydrogen-bond donors (Lipinski definition) is 0. The molecule has 0 saturated carbocycles. The largest absolute Gasteiger partial charge is 0.246 e. The van der Waals surface area contributed by atoms with Crippen LogP contribution in [0.2, 0.25) is 0 Å². The van der Waals surface area contributed by atoms with Crippen LogP contribution in [0.3, 0.4) is 0 Å². The van der Waals surface area contributed by atoms with Crippen LogP contribution < -0.4 is 0 Å². The second kappa shape index (κ2) is 5.95. The molecular weight excluding hydrogens is 308 g/mol. The molecule has 1 aliphatic heterocycles. The molecule has 0 spiro atoms. The average Bonchev–Trinajstić information content (AvgIpc) is 2.90. The number of benzene rings is 1. The van der Waals surface area contributed by atoms with Gasteiger partial charge in [0.2, 0.25) is 10.0 Å². The summed E-state index contributed by atoms with van der Waals surface area (Å²) < 4.78 is 53.7. The number of sulfonamides is 1. The maximum absolute atomic E-state index is 13.9. The predicted octanol–water partition coefficient (Wildman–Crippen LogP) is 3.27. The maximum atomic E-state index is 13.9. The van der Waals surface area contributed by atoms with Crippen molar-refractivity contribution in [1.82, 2.24) is 4.31 Å². The average molecular weight is 324 g/mol. The Morgan fingerprint density at radius 2 is 2.10 bits per heavy atom. The van der Waals surface area contributed by atoms with E-state index in [-0.39, 0.29) is 17.5 Å². The van der Waals surface area contributed by atoms with Gasteiger partial charge in [0, 0.05) is 18.5 Å². The van der Waals surface area contributed by atoms with Gasteiger partial charge < -0.3 is 0 Å². The fraction of sp³-hybridized carbons (Fsp3) is 0.538. The highest BCUT2D eigenvalue weighted by molar-refractivity contribution is 7.89. The van der Waals surface area contributed by atoms with Crippen molar-refractivity contribution in [3.05, 3.63) is 29.3 Å². The molecule has 3 nitrogen and oxygen atoms in total. The van der Waals surface area contributed by atoms with Gasteiger partial charge in [0.1, 0.15) is 4.90 Å². The van der Waals surface area contributed by atoms with Crippen LogP contribution in [0, 0.1) is 11.6 Å². The van der Waals surface area contributed by atoms with Gasteiger partial charge in [0.15, 0.2) is 11.6 Å². The highest BCUT2D eigenvalue weighted by Gasteiger charge is 2.36. The molecule has 1 atom stereocenters. The van der Waals surface area contributed by atoms with E-state index in [0.29, 0.717) is 13.0 Å². The molecule has 0 amide bonds. The Labute approximate surface area is 122 Å². The molecule has 0 radical (unpaired) electrons. The lowest BCUT2D eigenvalue weighted by atomic mass is 10.2. The first-order valence-electron chi connectivity index (χ1n) is 6.47. The lowest BCUT2D eigenvalue weighted by molar-refractivity contribution is 0.375. The Kier molecular flexibility index (Phi) is 4.66. The van der Waals surface area contributed by atoms with E-state index < -0.39 is 26.6 Å². The maximum Gasteiger partial charge on any atom is 0.246 e. The summed E-state index contributed by atoms with van der Waals surface area (Å²) in [6, 6.07) is 1.89. The summed E-state index contributed by atoms with van der Waals surface area (Å²) >= 11 is 5.59. The molecule has 0 N–H and O–H groups in total. The van der Waals surface area contributed by atoms with Crippen LogP contribution >= 0.6 is 11.6 Å². The van der Waals surface area contributed by atoms with Crippen LogP contribution in [0.5, 0.6) is 0 Å². The zero-order valence-corrected chi connectivity index (χ0v) is 12.6. The fourth-order valence-corrected chi connectivity index (χ4v) is 4.59. The molecule has 1 heterocycles. The van der Waals surface area contributed by atoms with E-state index in [1.54, 1.807) is 0 Å². The van der Waals surface area contributed by atoms with Gasteiger partial charge in [-0.1, -0.05) is 6.92 Å². The van der Waals surface area contributed by atoms with E-state index in [4.69, 9.17) is 11.6 Å². The lowest BCUT2D eigenvalue weighted by Gasteiger charge is -2.23. The van der Waals surface area contributed by atoms with E-state index in [0.717, 1.165) is 25.0 Å². The summed E-state index contributed by atoms with van der Waals surface area (Å²) in [6.07, 6.45) is 2.13. The Morgan fingerprint density at radius 1 is 1.40 bits per heavy atom. The van der Waals surface area contributed by atoms with Crippen molar-refractivity contribution in [1.29, 1.82) is 0 Å². The van der Waals surface area contributed by atoms with Gasteiger partial charge in [-0.2, -0.15) is 4.31 Å². The number of rotatable bonds is 4. The first-order valence-corrected chi connectivity index (χ1v) is 8.45. The molecule has 1 aromatic carbocycles.